The van der Waals surface area contributed by atoms with Crippen LogP contribution >= 0.6 is 11.8 Å². The molecule has 0 aromatic heterocycles. The maximum atomic E-state index is 12.5. The Kier molecular flexibility index (Phi) is 6.82. The molecule has 1 fully saturated rings. The molecule has 4 rings (SSSR count). The third-order valence-electron chi connectivity index (χ3n) is 5.87. The van der Waals surface area contributed by atoms with Gasteiger partial charge in [0.1, 0.15) is 5.75 Å². The number of likely N-dealkylation sites (tertiary alicyclic amines) is 1. The smallest absolute Gasteiger partial charge is 0.406 e. The van der Waals surface area contributed by atoms with E-state index in [0.717, 1.165) is 29.9 Å². The first-order chi connectivity index (χ1) is 14.9. The Morgan fingerprint density at radius 1 is 1.03 bits per heavy atom. The number of anilines is 1. The van der Waals surface area contributed by atoms with E-state index < -0.39 is 6.36 Å². The average molecular weight is 449 g/mol. The molecule has 0 N–H and O–H groups in total. The first-order valence-electron chi connectivity index (χ1n) is 10.7. The van der Waals surface area contributed by atoms with E-state index in [1.54, 1.807) is 12.1 Å². The molecule has 0 saturated carbocycles. The summed E-state index contributed by atoms with van der Waals surface area (Å²) in [4.78, 5) is 4.88. The molecule has 166 valence electrons. The Labute approximate surface area is 185 Å². The average Bonchev–Trinajstić information content (AvgIpc) is 3.24. The number of ether oxygens (including phenoxy) is 1. The van der Waals surface area contributed by atoms with Crippen LogP contribution in [0.15, 0.2) is 60.1 Å². The van der Waals surface area contributed by atoms with Crippen LogP contribution in [0.5, 0.6) is 5.75 Å². The number of benzene rings is 2. The lowest BCUT2D eigenvalue weighted by molar-refractivity contribution is -0.274. The van der Waals surface area contributed by atoms with Crippen LogP contribution in [0.2, 0.25) is 0 Å². The van der Waals surface area contributed by atoms with Gasteiger partial charge < -0.3 is 14.5 Å². The van der Waals surface area contributed by atoms with Gasteiger partial charge in [0, 0.05) is 17.5 Å². The van der Waals surface area contributed by atoms with E-state index in [2.05, 4.69) is 39.1 Å². The summed E-state index contributed by atoms with van der Waals surface area (Å²) < 4.78 is 41.5. The summed E-state index contributed by atoms with van der Waals surface area (Å²) in [5.74, 6) is 0.394. The SMILES string of the molecule is CCCN1CCC(C2SC=CN2c2ccccc2-c2ccc(OC(F)(F)F)cc2)CC1. The highest BCUT2D eigenvalue weighted by Crippen LogP contribution is 2.42. The van der Waals surface area contributed by atoms with Crippen LogP contribution in [0, 0.1) is 5.92 Å². The number of thioether (sulfide) groups is 1. The fourth-order valence-electron chi connectivity index (χ4n) is 4.44. The predicted octanol–water partition coefficient (Wildman–Crippen LogP) is 6.72. The Bertz CT molecular complexity index is 892. The van der Waals surface area contributed by atoms with Crippen molar-refractivity contribution < 1.29 is 17.9 Å². The number of alkyl halides is 3. The molecule has 0 radical (unpaired) electrons. The Morgan fingerprint density at radius 2 is 1.74 bits per heavy atom. The van der Waals surface area contributed by atoms with E-state index in [1.807, 2.05) is 30.0 Å². The Morgan fingerprint density at radius 3 is 2.42 bits per heavy atom. The molecule has 1 saturated heterocycles. The fourth-order valence-corrected chi connectivity index (χ4v) is 5.62. The summed E-state index contributed by atoms with van der Waals surface area (Å²) in [6, 6.07) is 14.2. The fraction of sp³-hybridized carbons (Fsp3) is 0.417. The molecule has 2 aliphatic heterocycles. The first-order valence-corrected chi connectivity index (χ1v) is 11.7. The molecule has 0 bridgehead atoms. The normalized spacial score (nSPS) is 20.4. The minimum absolute atomic E-state index is 0.206. The van der Waals surface area contributed by atoms with Gasteiger partial charge in [0.25, 0.3) is 0 Å². The first kappa shape index (κ1) is 22.1. The van der Waals surface area contributed by atoms with E-state index in [-0.39, 0.29) is 5.75 Å². The molecule has 31 heavy (non-hydrogen) atoms. The summed E-state index contributed by atoms with van der Waals surface area (Å²) in [6.45, 7) is 5.68. The van der Waals surface area contributed by atoms with E-state index in [4.69, 9.17) is 0 Å². The van der Waals surface area contributed by atoms with Crippen molar-refractivity contribution in [1.82, 2.24) is 4.90 Å². The molecular formula is C24H27F3N2OS. The lowest BCUT2D eigenvalue weighted by atomic mass is 9.94. The van der Waals surface area contributed by atoms with Gasteiger partial charge in [-0.2, -0.15) is 0 Å². The van der Waals surface area contributed by atoms with E-state index in [9.17, 15) is 13.2 Å². The van der Waals surface area contributed by atoms with Crippen molar-refractivity contribution in [3.63, 3.8) is 0 Å². The summed E-state index contributed by atoms with van der Waals surface area (Å²) in [6.07, 6.45) is 1.00. The van der Waals surface area contributed by atoms with Gasteiger partial charge in [0.05, 0.1) is 5.37 Å². The van der Waals surface area contributed by atoms with Crippen LogP contribution in [0.1, 0.15) is 26.2 Å². The minimum Gasteiger partial charge on any atom is -0.406 e. The summed E-state index contributed by atoms with van der Waals surface area (Å²) in [5, 5.41) is 2.50. The Balaban J connectivity index is 1.53. The number of piperidine rings is 1. The van der Waals surface area contributed by atoms with Gasteiger partial charge in [0.2, 0.25) is 0 Å². The van der Waals surface area contributed by atoms with Crippen LogP contribution < -0.4 is 9.64 Å². The second-order valence-corrected chi connectivity index (χ2v) is 9.01. The topological polar surface area (TPSA) is 15.7 Å². The number of para-hydroxylation sites is 1. The molecule has 2 heterocycles. The largest absolute Gasteiger partial charge is 0.573 e. The quantitative estimate of drug-likeness (QED) is 0.487. The van der Waals surface area contributed by atoms with Crippen LogP contribution in [-0.2, 0) is 0 Å². The van der Waals surface area contributed by atoms with Gasteiger partial charge in [-0.05, 0) is 74.0 Å². The molecular weight excluding hydrogens is 421 g/mol. The van der Waals surface area contributed by atoms with Gasteiger partial charge in [-0.3, -0.25) is 0 Å². The molecule has 2 aliphatic rings. The molecule has 2 aromatic rings. The van der Waals surface area contributed by atoms with Crippen molar-refractivity contribution in [3.05, 3.63) is 60.1 Å². The molecule has 0 spiro atoms. The van der Waals surface area contributed by atoms with Crippen molar-refractivity contribution in [2.45, 2.75) is 37.9 Å². The van der Waals surface area contributed by atoms with Crippen molar-refractivity contribution in [1.29, 1.82) is 0 Å². The number of halogens is 3. The van der Waals surface area contributed by atoms with Gasteiger partial charge >= 0.3 is 6.36 Å². The second-order valence-electron chi connectivity index (χ2n) is 7.99. The minimum atomic E-state index is -4.68. The molecule has 3 nitrogen and oxygen atoms in total. The number of rotatable bonds is 6. The number of nitrogens with zero attached hydrogens (tertiary/aromatic N) is 2. The molecule has 1 atom stereocenters. The molecule has 7 heteroatoms. The zero-order valence-corrected chi connectivity index (χ0v) is 18.3. The summed E-state index contributed by atoms with van der Waals surface area (Å²) in [5.41, 5.74) is 2.95. The molecule has 1 unspecified atom stereocenters. The van der Waals surface area contributed by atoms with Crippen LogP contribution in [0.4, 0.5) is 18.9 Å². The van der Waals surface area contributed by atoms with E-state index >= 15 is 0 Å². The van der Waals surface area contributed by atoms with Gasteiger partial charge in [0.15, 0.2) is 0 Å². The van der Waals surface area contributed by atoms with Crippen molar-refractivity contribution in [2.75, 3.05) is 24.5 Å². The summed E-state index contributed by atoms with van der Waals surface area (Å²) in [7, 11) is 0. The maximum Gasteiger partial charge on any atom is 0.573 e. The predicted molar refractivity (Wildman–Crippen MR) is 121 cm³/mol. The highest BCUT2D eigenvalue weighted by Gasteiger charge is 2.33. The zero-order valence-electron chi connectivity index (χ0n) is 17.5. The second kappa shape index (κ2) is 9.57. The van der Waals surface area contributed by atoms with Crippen LogP contribution in [-0.4, -0.2) is 36.3 Å². The van der Waals surface area contributed by atoms with E-state index in [0.29, 0.717) is 11.3 Å². The number of hydrogen-bond donors (Lipinski definition) is 0. The van der Waals surface area contributed by atoms with Crippen LogP contribution in [0.3, 0.4) is 0 Å². The van der Waals surface area contributed by atoms with Crippen molar-refractivity contribution in [2.24, 2.45) is 5.92 Å². The lowest BCUT2D eigenvalue weighted by Gasteiger charge is -2.38. The molecule has 2 aromatic carbocycles. The van der Waals surface area contributed by atoms with Gasteiger partial charge in [-0.15, -0.1) is 24.9 Å². The molecule has 0 aliphatic carbocycles. The van der Waals surface area contributed by atoms with Crippen LogP contribution in [0.25, 0.3) is 11.1 Å². The monoisotopic (exact) mass is 448 g/mol. The lowest BCUT2D eigenvalue weighted by Crippen LogP contribution is -2.41. The third kappa shape index (κ3) is 5.39. The Hall–Kier alpha value is -2.12. The highest BCUT2D eigenvalue weighted by atomic mass is 32.2. The van der Waals surface area contributed by atoms with Crippen molar-refractivity contribution >= 4 is 17.4 Å². The van der Waals surface area contributed by atoms with E-state index in [1.165, 1.54) is 37.9 Å². The standard InChI is InChI=1S/C24H27F3N2OS/c1-2-13-28-14-11-19(12-15-28)23-29(16-17-31-23)22-6-4-3-5-21(22)18-7-9-20(10-8-18)30-24(25,26)27/h3-10,16-17,19,23H,2,11-15H2,1H3. The summed E-state index contributed by atoms with van der Waals surface area (Å²) >= 11 is 1.86. The maximum absolute atomic E-state index is 12.5. The van der Waals surface area contributed by atoms with Gasteiger partial charge in [-0.1, -0.05) is 37.3 Å². The van der Waals surface area contributed by atoms with Gasteiger partial charge in [-0.25, -0.2) is 0 Å². The zero-order chi connectivity index (χ0) is 21.8. The third-order valence-corrected chi connectivity index (χ3v) is 7.04. The van der Waals surface area contributed by atoms with Crippen molar-refractivity contribution in [3.8, 4) is 16.9 Å². The number of hydrogen-bond acceptors (Lipinski definition) is 4. The highest BCUT2D eigenvalue weighted by molar-refractivity contribution is 8.03. The molecule has 0 amide bonds.